The van der Waals surface area contributed by atoms with Crippen molar-refractivity contribution in [2.45, 2.75) is 31.7 Å². The van der Waals surface area contributed by atoms with Crippen molar-refractivity contribution in [1.29, 1.82) is 0 Å². The lowest BCUT2D eigenvalue weighted by Crippen LogP contribution is -2.45. The van der Waals surface area contributed by atoms with E-state index in [0.717, 1.165) is 25.9 Å². The van der Waals surface area contributed by atoms with Crippen molar-refractivity contribution in [3.05, 3.63) is 28.8 Å². The molecule has 0 saturated carbocycles. The second-order valence-corrected chi connectivity index (χ2v) is 6.41. The predicted molar refractivity (Wildman–Crippen MR) is 85.6 cm³/mol. The number of nitrogen functional groups attached to an aromatic ring is 1. The molecule has 0 radical (unpaired) electrons. The number of piperidine rings is 1. The molecule has 0 spiro atoms. The van der Waals surface area contributed by atoms with Crippen LogP contribution in [0.4, 0.5) is 5.69 Å². The van der Waals surface area contributed by atoms with E-state index in [0.29, 0.717) is 22.3 Å². The molecule has 0 unspecified atom stereocenters. The molecule has 0 bridgehead atoms. The summed E-state index contributed by atoms with van der Waals surface area (Å²) in [5.41, 5.74) is 6.84. The number of carbonyl (C=O) groups excluding carboxylic acids is 1. The minimum atomic E-state index is 0.0665. The van der Waals surface area contributed by atoms with E-state index >= 15 is 0 Å². The van der Waals surface area contributed by atoms with Crippen LogP contribution in [0.2, 0.25) is 5.02 Å². The summed E-state index contributed by atoms with van der Waals surface area (Å²) >= 11 is 6.00. The highest BCUT2D eigenvalue weighted by Crippen LogP contribution is 2.24. The van der Waals surface area contributed by atoms with Crippen LogP contribution in [0, 0.1) is 0 Å². The lowest BCUT2D eigenvalue weighted by Gasteiger charge is -2.36. The third-order valence-electron chi connectivity index (χ3n) is 4.66. The Morgan fingerprint density at radius 2 is 1.81 bits per heavy atom. The molecule has 2 fully saturated rings. The number of amides is 1. The van der Waals surface area contributed by atoms with Gasteiger partial charge in [-0.25, -0.2) is 0 Å². The molecule has 114 valence electrons. The van der Waals surface area contributed by atoms with Crippen LogP contribution in [0.5, 0.6) is 0 Å². The Labute approximate surface area is 130 Å². The molecule has 2 saturated heterocycles. The highest BCUT2D eigenvalue weighted by molar-refractivity contribution is 6.33. The van der Waals surface area contributed by atoms with Gasteiger partial charge >= 0.3 is 0 Å². The lowest BCUT2D eigenvalue weighted by molar-refractivity contribution is 0.0644. The number of anilines is 1. The van der Waals surface area contributed by atoms with Gasteiger partial charge in [0.05, 0.1) is 10.7 Å². The number of rotatable bonds is 2. The third kappa shape index (κ3) is 3.16. The highest BCUT2D eigenvalue weighted by atomic mass is 35.5. The quantitative estimate of drug-likeness (QED) is 0.855. The van der Waals surface area contributed by atoms with Crippen molar-refractivity contribution in [2.75, 3.05) is 31.9 Å². The van der Waals surface area contributed by atoms with Crippen molar-refractivity contribution in [1.82, 2.24) is 9.80 Å². The summed E-state index contributed by atoms with van der Waals surface area (Å²) in [7, 11) is 0. The van der Waals surface area contributed by atoms with Crippen LogP contribution < -0.4 is 5.73 Å². The van der Waals surface area contributed by atoms with Gasteiger partial charge in [0.15, 0.2) is 0 Å². The van der Waals surface area contributed by atoms with Crippen molar-refractivity contribution >= 4 is 23.2 Å². The van der Waals surface area contributed by atoms with Crippen molar-refractivity contribution < 1.29 is 4.79 Å². The Kier molecular flexibility index (Phi) is 4.36. The molecule has 2 aliphatic rings. The number of nitrogens with two attached hydrogens (primary N) is 1. The molecule has 1 aromatic carbocycles. The zero-order chi connectivity index (χ0) is 14.8. The maximum Gasteiger partial charge on any atom is 0.253 e. The molecule has 0 aromatic heterocycles. The van der Waals surface area contributed by atoms with E-state index in [9.17, 15) is 4.79 Å². The van der Waals surface area contributed by atoms with E-state index in [4.69, 9.17) is 17.3 Å². The van der Waals surface area contributed by atoms with Gasteiger partial charge in [0, 0.05) is 24.7 Å². The minimum Gasteiger partial charge on any atom is -0.398 e. The van der Waals surface area contributed by atoms with Crippen LogP contribution >= 0.6 is 11.6 Å². The first-order chi connectivity index (χ1) is 10.1. The Bertz CT molecular complexity index is 520. The normalized spacial score (nSPS) is 20.9. The number of nitrogens with zero attached hydrogens (tertiary/aromatic N) is 2. The van der Waals surface area contributed by atoms with Crippen LogP contribution in [0.25, 0.3) is 0 Å². The maximum absolute atomic E-state index is 12.5. The van der Waals surface area contributed by atoms with Gasteiger partial charge in [-0.3, -0.25) is 4.79 Å². The molecule has 3 rings (SSSR count). The molecule has 4 nitrogen and oxygen atoms in total. The molecule has 0 atom stereocenters. The van der Waals surface area contributed by atoms with Crippen LogP contribution in [0.15, 0.2) is 18.2 Å². The van der Waals surface area contributed by atoms with Gasteiger partial charge < -0.3 is 15.5 Å². The average molecular weight is 308 g/mol. The Morgan fingerprint density at radius 3 is 2.43 bits per heavy atom. The predicted octanol–water partition coefficient (Wildman–Crippen LogP) is 2.62. The van der Waals surface area contributed by atoms with Gasteiger partial charge in [0.25, 0.3) is 5.91 Å². The van der Waals surface area contributed by atoms with E-state index < -0.39 is 0 Å². The molecule has 2 aliphatic heterocycles. The maximum atomic E-state index is 12.5. The van der Waals surface area contributed by atoms with Crippen molar-refractivity contribution in [2.24, 2.45) is 0 Å². The molecular formula is C16H22ClN3O. The van der Waals surface area contributed by atoms with Gasteiger partial charge in [-0.05, 0) is 57.0 Å². The van der Waals surface area contributed by atoms with Crippen molar-refractivity contribution in [3.8, 4) is 0 Å². The SMILES string of the molecule is Nc1ccc(C(=O)N2CCC(N3CCCC3)CC2)cc1Cl. The summed E-state index contributed by atoms with van der Waals surface area (Å²) in [4.78, 5) is 17.0. The van der Waals surface area contributed by atoms with E-state index in [-0.39, 0.29) is 5.91 Å². The summed E-state index contributed by atoms with van der Waals surface area (Å²) in [6.07, 6.45) is 4.80. The lowest BCUT2D eigenvalue weighted by atomic mass is 10.0. The first-order valence-electron chi connectivity index (χ1n) is 7.73. The molecule has 0 aliphatic carbocycles. The zero-order valence-electron chi connectivity index (χ0n) is 12.2. The molecule has 1 aromatic rings. The summed E-state index contributed by atoms with van der Waals surface area (Å²) in [6.45, 7) is 4.13. The topological polar surface area (TPSA) is 49.6 Å². The molecule has 2 N–H and O–H groups in total. The fourth-order valence-electron chi connectivity index (χ4n) is 3.38. The molecule has 1 amide bonds. The van der Waals surface area contributed by atoms with Gasteiger partial charge in [0.2, 0.25) is 0 Å². The number of hydrogen-bond acceptors (Lipinski definition) is 3. The summed E-state index contributed by atoms with van der Waals surface area (Å²) in [5, 5.41) is 0.452. The first-order valence-corrected chi connectivity index (χ1v) is 8.11. The van der Waals surface area contributed by atoms with Crippen LogP contribution in [-0.4, -0.2) is 47.9 Å². The van der Waals surface area contributed by atoms with Gasteiger partial charge in [-0.2, -0.15) is 0 Å². The largest absolute Gasteiger partial charge is 0.398 e. The Morgan fingerprint density at radius 1 is 1.14 bits per heavy atom. The monoisotopic (exact) mass is 307 g/mol. The first kappa shape index (κ1) is 14.7. The van der Waals surface area contributed by atoms with E-state index in [2.05, 4.69) is 4.90 Å². The fraction of sp³-hybridized carbons (Fsp3) is 0.562. The van der Waals surface area contributed by atoms with Crippen LogP contribution in [-0.2, 0) is 0 Å². The number of likely N-dealkylation sites (tertiary alicyclic amines) is 2. The number of carbonyl (C=O) groups is 1. The third-order valence-corrected chi connectivity index (χ3v) is 4.98. The molecule has 21 heavy (non-hydrogen) atoms. The van der Waals surface area contributed by atoms with Gasteiger partial charge in [-0.1, -0.05) is 11.6 Å². The van der Waals surface area contributed by atoms with Gasteiger partial charge in [0.1, 0.15) is 0 Å². The summed E-state index contributed by atoms with van der Waals surface area (Å²) in [6, 6.07) is 5.79. The van der Waals surface area contributed by atoms with Crippen LogP contribution in [0.3, 0.4) is 0 Å². The smallest absolute Gasteiger partial charge is 0.253 e. The number of hydrogen-bond donors (Lipinski definition) is 1. The second-order valence-electron chi connectivity index (χ2n) is 6.00. The average Bonchev–Trinajstić information content (AvgIpc) is 3.04. The number of benzene rings is 1. The Balaban J connectivity index is 1.60. The van der Waals surface area contributed by atoms with Crippen LogP contribution in [0.1, 0.15) is 36.0 Å². The fourth-order valence-corrected chi connectivity index (χ4v) is 3.56. The summed E-state index contributed by atoms with van der Waals surface area (Å²) < 4.78 is 0. The number of halogens is 1. The highest BCUT2D eigenvalue weighted by Gasteiger charge is 2.28. The summed E-state index contributed by atoms with van der Waals surface area (Å²) in [5.74, 6) is 0.0665. The standard InChI is InChI=1S/C16H22ClN3O/c17-14-11-12(3-4-15(14)18)16(21)20-9-5-13(6-10-20)19-7-1-2-8-19/h3-4,11,13H,1-2,5-10,18H2. The van der Waals surface area contributed by atoms with E-state index in [1.165, 1.54) is 25.9 Å². The van der Waals surface area contributed by atoms with Crippen molar-refractivity contribution in [3.63, 3.8) is 0 Å². The van der Waals surface area contributed by atoms with E-state index in [1.807, 2.05) is 4.90 Å². The van der Waals surface area contributed by atoms with E-state index in [1.54, 1.807) is 18.2 Å². The molecular weight excluding hydrogens is 286 g/mol. The Hall–Kier alpha value is -1.26. The molecule has 2 heterocycles. The zero-order valence-corrected chi connectivity index (χ0v) is 13.0. The minimum absolute atomic E-state index is 0.0665. The van der Waals surface area contributed by atoms with Gasteiger partial charge in [-0.15, -0.1) is 0 Å². The second kappa shape index (κ2) is 6.24. The molecule has 5 heteroatoms.